The van der Waals surface area contributed by atoms with Crippen LogP contribution in [0.15, 0.2) is 30.3 Å². The van der Waals surface area contributed by atoms with E-state index in [2.05, 4.69) is 5.32 Å². The lowest BCUT2D eigenvalue weighted by atomic mass is 10.2. The SMILES string of the molecule is CNC(CCOc1ccccc1)COC. The van der Waals surface area contributed by atoms with E-state index < -0.39 is 0 Å². The molecule has 0 bridgehead atoms. The molecule has 15 heavy (non-hydrogen) atoms. The summed E-state index contributed by atoms with van der Waals surface area (Å²) in [5.74, 6) is 0.921. The Bertz CT molecular complexity index is 251. The van der Waals surface area contributed by atoms with Crippen LogP contribution in [0.25, 0.3) is 0 Å². The highest BCUT2D eigenvalue weighted by Gasteiger charge is 2.04. The molecule has 1 unspecified atom stereocenters. The molecule has 0 aliphatic carbocycles. The molecular weight excluding hydrogens is 190 g/mol. The fraction of sp³-hybridized carbons (Fsp3) is 0.500. The van der Waals surface area contributed by atoms with Gasteiger partial charge in [0, 0.05) is 13.2 Å². The van der Waals surface area contributed by atoms with Crippen LogP contribution in [0, 0.1) is 0 Å². The summed E-state index contributed by atoms with van der Waals surface area (Å²) in [5, 5.41) is 3.18. The standard InChI is InChI=1S/C12H19NO2/c1-13-11(10-14-2)8-9-15-12-6-4-3-5-7-12/h3-7,11,13H,8-10H2,1-2H3. The van der Waals surface area contributed by atoms with Crippen LogP contribution < -0.4 is 10.1 Å². The van der Waals surface area contributed by atoms with Crippen LogP contribution in [0.3, 0.4) is 0 Å². The Labute approximate surface area is 91.4 Å². The molecule has 84 valence electrons. The number of hydrogen-bond donors (Lipinski definition) is 1. The zero-order valence-electron chi connectivity index (χ0n) is 9.40. The van der Waals surface area contributed by atoms with E-state index >= 15 is 0 Å². The third-order valence-electron chi connectivity index (χ3n) is 2.25. The van der Waals surface area contributed by atoms with Crippen molar-refractivity contribution in [2.75, 3.05) is 27.4 Å². The van der Waals surface area contributed by atoms with Crippen LogP contribution in [-0.2, 0) is 4.74 Å². The highest BCUT2D eigenvalue weighted by Crippen LogP contribution is 2.08. The molecule has 0 heterocycles. The van der Waals surface area contributed by atoms with Crippen molar-refractivity contribution >= 4 is 0 Å². The Morgan fingerprint density at radius 1 is 1.27 bits per heavy atom. The predicted molar refractivity (Wildman–Crippen MR) is 61.3 cm³/mol. The smallest absolute Gasteiger partial charge is 0.119 e. The molecule has 1 rings (SSSR count). The second-order valence-corrected chi connectivity index (χ2v) is 3.39. The zero-order valence-corrected chi connectivity index (χ0v) is 9.40. The van der Waals surface area contributed by atoms with Crippen LogP contribution in [0.5, 0.6) is 5.75 Å². The van der Waals surface area contributed by atoms with E-state index in [1.807, 2.05) is 37.4 Å². The van der Waals surface area contributed by atoms with Crippen LogP contribution in [-0.4, -0.2) is 33.4 Å². The van der Waals surface area contributed by atoms with Crippen molar-refractivity contribution in [1.82, 2.24) is 5.32 Å². The fourth-order valence-electron chi connectivity index (χ4n) is 1.35. The monoisotopic (exact) mass is 209 g/mol. The largest absolute Gasteiger partial charge is 0.494 e. The van der Waals surface area contributed by atoms with Gasteiger partial charge in [-0.25, -0.2) is 0 Å². The van der Waals surface area contributed by atoms with Gasteiger partial charge >= 0.3 is 0 Å². The van der Waals surface area contributed by atoms with E-state index in [0.29, 0.717) is 19.3 Å². The van der Waals surface area contributed by atoms with Crippen molar-refractivity contribution in [3.05, 3.63) is 30.3 Å². The fourth-order valence-corrected chi connectivity index (χ4v) is 1.35. The minimum Gasteiger partial charge on any atom is -0.494 e. The van der Waals surface area contributed by atoms with Crippen molar-refractivity contribution < 1.29 is 9.47 Å². The van der Waals surface area contributed by atoms with Gasteiger partial charge in [0.15, 0.2) is 0 Å². The number of ether oxygens (including phenoxy) is 2. The molecule has 1 atom stereocenters. The Hall–Kier alpha value is -1.06. The summed E-state index contributed by atoms with van der Waals surface area (Å²) in [4.78, 5) is 0. The number of rotatable bonds is 7. The van der Waals surface area contributed by atoms with Crippen LogP contribution in [0.1, 0.15) is 6.42 Å². The molecule has 3 heteroatoms. The summed E-state index contributed by atoms with van der Waals surface area (Å²) in [6, 6.07) is 10.2. The van der Waals surface area contributed by atoms with Crippen molar-refractivity contribution in [3.63, 3.8) is 0 Å². The summed E-state index contributed by atoms with van der Waals surface area (Å²) in [6.07, 6.45) is 0.944. The second-order valence-electron chi connectivity index (χ2n) is 3.39. The van der Waals surface area contributed by atoms with E-state index in [-0.39, 0.29) is 0 Å². The average molecular weight is 209 g/mol. The maximum Gasteiger partial charge on any atom is 0.119 e. The molecule has 0 radical (unpaired) electrons. The molecule has 3 nitrogen and oxygen atoms in total. The quantitative estimate of drug-likeness (QED) is 0.741. The molecule has 0 aliphatic rings. The molecule has 1 aromatic carbocycles. The van der Waals surface area contributed by atoms with Crippen molar-refractivity contribution in [2.24, 2.45) is 0 Å². The lowest BCUT2D eigenvalue weighted by Gasteiger charge is -2.15. The minimum absolute atomic E-state index is 0.360. The van der Waals surface area contributed by atoms with Crippen LogP contribution in [0.2, 0.25) is 0 Å². The van der Waals surface area contributed by atoms with Gasteiger partial charge in [0.05, 0.1) is 13.2 Å². The first-order chi connectivity index (χ1) is 7.36. The molecule has 0 aromatic heterocycles. The number of benzene rings is 1. The number of para-hydroxylation sites is 1. The van der Waals surface area contributed by atoms with Gasteiger partial charge in [-0.15, -0.1) is 0 Å². The number of likely N-dealkylation sites (N-methyl/N-ethyl adjacent to an activating group) is 1. The normalized spacial score (nSPS) is 12.4. The molecule has 0 spiro atoms. The summed E-state index contributed by atoms with van der Waals surface area (Å²) in [5.41, 5.74) is 0. The van der Waals surface area contributed by atoms with Gasteiger partial charge in [-0.05, 0) is 25.6 Å². The zero-order chi connectivity index (χ0) is 10.9. The Balaban J connectivity index is 2.20. The van der Waals surface area contributed by atoms with Crippen molar-refractivity contribution in [3.8, 4) is 5.75 Å². The van der Waals surface area contributed by atoms with Gasteiger partial charge < -0.3 is 14.8 Å². The molecule has 0 saturated heterocycles. The highest BCUT2D eigenvalue weighted by molar-refractivity contribution is 5.20. The van der Waals surface area contributed by atoms with E-state index in [9.17, 15) is 0 Å². The Morgan fingerprint density at radius 2 is 2.00 bits per heavy atom. The molecule has 1 aromatic rings. The Kier molecular flexibility index (Phi) is 5.81. The second kappa shape index (κ2) is 7.26. The van der Waals surface area contributed by atoms with Gasteiger partial charge in [-0.3, -0.25) is 0 Å². The summed E-state index contributed by atoms with van der Waals surface area (Å²) in [6.45, 7) is 1.42. The maximum atomic E-state index is 5.59. The van der Waals surface area contributed by atoms with Crippen LogP contribution >= 0.6 is 0 Å². The third kappa shape index (κ3) is 4.81. The van der Waals surface area contributed by atoms with Gasteiger partial charge in [0.1, 0.15) is 5.75 Å². The molecule has 0 fully saturated rings. The van der Waals surface area contributed by atoms with E-state index in [1.54, 1.807) is 7.11 Å². The number of methoxy groups -OCH3 is 1. The summed E-state index contributed by atoms with van der Waals surface area (Å²) < 4.78 is 10.7. The molecule has 0 aliphatic heterocycles. The van der Waals surface area contributed by atoms with E-state index in [4.69, 9.17) is 9.47 Å². The van der Waals surface area contributed by atoms with E-state index in [1.165, 1.54) is 0 Å². The van der Waals surface area contributed by atoms with Gasteiger partial charge in [-0.1, -0.05) is 18.2 Å². The topological polar surface area (TPSA) is 30.5 Å². The molecular formula is C12H19NO2. The number of nitrogens with one attached hydrogen (secondary N) is 1. The van der Waals surface area contributed by atoms with Crippen LogP contribution in [0.4, 0.5) is 0 Å². The van der Waals surface area contributed by atoms with Gasteiger partial charge in [0.25, 0.3) is 0 Å². The average Bonchev–Trinajstić information content (AvgIpc) is 2.29. The predicted octanol–water partition coefficient (Wildman–Crippen LogP) is 1.69. The molecule has 1 N–H and O–H groups in total. The first-order valence-electron chi connectivity index (χ1n) is 5.21. The highest BCUT2D eigenvalue weighted by atomic mass is 16.5. The van der Waals surface area contributed by atoms with E-state index in [0.717, 1.165) is 12.2 Å². The molecule has 0 amide bonds. The van der Waals surface area contributed by atoms with Gasteiger partial charge in [-0.2, -0.15) is 0 Å². The first kappa shape index (κ1) is 12.0. The maximum absolute atomic E-state index is 5.59. The molecule has 0 saturated carbocycles. The third-order valence-corrected chi connectivity index (χ3v) is 2.25. The number of hydrogen-bond acceptors (Lipinski definition) is 3. The Morgan fingerprint density at radius 3 is 2.60 bits per heavy atom. The lowest BCUT2D eigenvalue weighted by molar-refractivity contribution is 0.155. The lowest BCUT2D eigenvalue weighted by Crippen LogP contribution is -2.31. The summed E-state index contributed by atoms with van der Waals surface area (Å²) in [7, 11) is 3.65. The van der Waals surface area contributed by atoms with Crippen molar-refractivity contribution in [1.29, 1.82) is 0 Å². The van der Waals surface area contributed by atoms with Gasteiger partial charge in [0.2, 0.25) is 0 Å². The van der Waals surface area contributed by atoms with Crippen molar-refractivity contribution in [2.45, 2.75) is 12.5 Å². The minimum atomic E-state index is 0.360. The summed E-state index contributed by atoms with van der Waals surface area (Å²) >= 11 is 0. The first-order valence-corrected chi connectivity index (χ1v) is 5.21.